The van der Waals surface area contributed by atoms with Crippen molar-refractivity contribution in [2.45, 2.75) is 32.9 Å². The van der Waals surface area contributed by atoms with Crippen LogP contribution in [-0.2, 0) is 6.54 Å². The van der Waals surface area contributed by atoms with E-state index in [1.54, 1.807) is 7.11 Å². The van der Waals surface area contributed by atoms with Gasteiger partial charge in [-0.25, -0.2) is 0 Å². The van der Waals surface area contributed by atoms with Gasteiger partial charge in [0.05, 0.1) is 24.8 Å². The zero-order valence-corrected chi connectivity index (χ0v) is 14.4. The number of halogens is 1. The highest BCUT2D eigenvalue weighted by Gasteiger charge is 2.13. The van der Waals surface area contributed by atoms with Crippen LogP contribution in [0.15, 0.2) is 12.1 Å². The third-order valence-electron chi connectivity index (χ3n) is 2.97. The second-order valence-corrected chi connectivity index (χ2v) is 5.69. The number of nitrogens with one attached hydrogen (secondary N) is 2. The summed E-state index contributed by atoms with van der Waals surface area (Å²) < 4.78 is 11.1. The SMILES string of the molecule is COc1cc(CNCCCNCCO)cc(Cl)c1OC(C)C. The zero-order chi connectivity index (χ0) is 16.4. The molecule has 5 nitrogen and oxygen atoms in total. The molecule has 1 aromatic carbocycles. The van der Waals surface area contributed by atoms with E-state index in [1.165, 1.54) is 0 Å². The number of methoxy groups -OCH3 is 1. The molecule has 0 aromatic heterocycles. The summed E-state index contributed by atoms with van der Waals surface area (Å²) in [7, 11) is 1.61. The highest BCUT2D eigenvalue weighted by Crippen LogP contribution is 2.37. The predicted molar refractivity (Wildman–Crippen MR) is 90.0 cm³/mol. The molecule has 6 heteroatoms. The molecule has 22 heavy (non-hydrogen) atoms. The van der Waals surface area contributed by atoms with Gasteiger partial charge in [0.25, 0.3) is 0 Å². The van der Waals surface area contributed by atoms with Crippen LogP contribution in [0.5, 0.6) is 11.5 Å². The molecule has 0 bridgehead atoms. The molecule has 1 aromatic rings. The van der Waals surface area contributed by atoms with E-state index < -0.39 is 0 Å². The number of ether oxygens (including phenoxy) is 2. The fourth-order valence-corrected chi connectivity index (χ4v) is 2.28. The van der Waals surface area contributed by atoms with Crippen LogP contribution < -0.4 is 20.1 Å². The summed E-state index contributed by atoms with van der Waals surface area (Å²) in [5, 5.41) is 15.7. The van der Waals surface area contributed by atoms with Crippen LogP contribution in [-0.4, -0.2) is 44.6 Å². The molecule has 0 amide bonds. The minimum atomic E-state index is 0.0433. The van der Waals surface area contributed by atoms with Gasteiger partial charge in [-0.1, -0.05) is 11.6 Å². The van der Waals surface area contributed by atoms with E-state index >= 15 is 0 Å². The molecule has 0 unspecified atom stereocenters. The van der Waals surface area contributed by atoms with Crippen molar-refractivity contribution in [2.75, 3.05) is 33.4 Å². The van der Waals surface area contributed by atoms with Gasteiger partial charge in [-0.2, -0.15) is 0 Å². The molecule has 0 spiro atoms. The molecule has 1 rings (SSSR count). The van der Waals surface area contributed by atoms with Crippen molar-refractivity contribution in [1.82, 2.24) is 10.6 Å². The van der Waals surface area contributed by atoms with Crippen molar-refractivity contribution in [1.29, 1.82) is 0 Å². The Bertz CT molecular complexity index is 442. The van der Waals surface area contributed by atoms with E-state index in [1.807, 2.05) is 26.0 Å². The van der Waals surface area contributed by atoms with Crippen molar-refractivity contribution in [3.05, 3.63) is 22.7 Å². The third kappa shape index (κ3) is 6.83. The Morgan fingerprint density at radius 1 is 1.18 bits per heavy atom. The van der Waals surface area contributed by atoms with Gasteiger partial charge in [-0.15, -0.1) is 0 Å². The molecule has 0 saturated heterocycles. The van der Waals surface area contributed by atoms with E-state index in [4.69, 9.17) is 26.2 Å². The molecule has 0 aliphatic rings. The van der Waals surface area contributed by atoms with E-state index in [-0.39, 0.29) is 12.7 Å². The molecule has 0 atom stereocenters. The maximum Gasteiger partial charge on any atom is 0.180 e. The molecule has 0 aliphatic heterocycles. The molecular weight excluding hydrogens is 304 g/mol. The van der Waals surface area contributed by atoms with Gasteiger partial charge >= 0.3 is 0 Å². The summed E-state index contributed by atoms with van der Waals surface area (Å²) in [6, 6.07) is 3.85. The van der Waals surface area contributed by atoms with Gasteiger partial charge in [0, 0.05) is 13.1 Å². The van der Waals surface area contributed by atoms with Crippen molar-refractivity contribution in [2.24, 2.45) is 0 Å². The Labute approximate surface area is 138 Å². The maximum absolute atomic E-state index is 8.66. The van der Waals surface area contributed by atoms with E-state index in [2.05, 4.69) is 10.6 Å². The maximum atomic E-state index is 8.66. The Kier molecular flexibility index (Phi) is 9.24. The first kappa shape index (κ1) is 19.0. The Morgan fingerprint density at radius 3 is 2.55 bits per heavy atom. The lowest BCUT2D eigenvalue weighted by atomic mass is 10.2. The predicted octanol–water partition coefficient (Wildman–Crippen LogP) is 2.20. The first-order chi connectivity index (χ1) is 10.6. The third-order valence-corrected chi connectivity index (χ3v) is 3.25. The number of aliphatic hydroxyl groups is 1. The van der Waals surface area contributed by atoms with E-state index in [0.717, 1.165) is 31.6 Å². The standard InChI is InChI=1S/C16H27ClN2O3/c1-12(2)22-16-14(17)9-13(10-15(16)21-3)11-19-6-4-5-18-7-8-20/h9-10,12,18-20H,4-8,11H2,1-3H3. The number of hydrogen-bond acceptors (Lipinski definition) is 5. The second-order valence-electron chi connectivity index (χ2n) is 5.28. The molecule has 0 fully saturated rings. The molecule has 0 heterocycles. The van der Waals surface area contributed by atoms with Crippen molar-refractivity contribution < 1.29 is 14.6 Å². The zero-order valence-electron chi connectivity index (χ0n) is 13.6. The van der Waals surface area contributed by atoms with Crippen LogP contribution in [0, 0.1) is 0 Å². The Balaban J connectivity index is 2.49. The van der Waals surface area contributed by atoms with Crippen LogP contribution >= 0.6 is 11.6 Å². The first-order valence-corrected chi connectivity index (χ1v) is 8.01. The van der Waals surface area contributed by atoms with Gasteiger partial charge < -0.3 is 25.2 Å². The molecule has 126 valence electrons. The van der Waals surface area contributed by atoms with Gasteiger partial charge in [0.15, 0.2) is 11.5 Å². The van der Waals surface area contributed by atoms with Gasteiger partial charge in [0.2, 0.25) is 0 Å². The summed E-state index contributed by atoms with van der Waals surface area (Å²) in [5.74, 6) is 1.25. The normalized spacial score (nSPS) is 11.0. The van der Waals surface area contributed by atoms with Crippen LogP contribution in [0.4, 0.5) is 0 Å². The van der Waals surface area contributed by atoms with Gasteiger partial charge in [-0.05, 0) is 51.1 Å². The molecule has 0 radical (unpaired) electrons. The lowest BCUT2D eigenvalue weighted by molar-refractivity contribution is 0.230. The smallest absolute Gasteiger partial charge is 0.180 e. The minimum absolute atomic E-state index is 0.0433. The van der Waals surface area contributed by atoms with E-state index in [0.29, 0.717) is 23.1 Å². The first-order valence-electron chi connectivity index (χ1n) is 7.63. The average molecular weight is 331 g/mol. The molecule has 0 aliphatic carbocycles. The number of hydrogen-bond donors (Lipinski definition) is 3. The average Bonchev–Trinajstić information content (AvgIpc) is 2.48. The van der Waals surface area contributed by atoms with Crippen LogP contribution in [0.2, 0.25) is 5.02 Å². The summed E-state index contributed by atoms with van der Waals surface area (Å²) in [6.45, 7) is 7.23. The minimum Gasteiger partial charge on any atom is -0.493 e. The second kappa shape index (κ2) is 10.7. The van der Waals surface area contributed by atoms with Crippen molar-refractivity contribution in [3.63, 3.8) is 0 Å². The van der Waals surface area contributed by atoms with Crippen molar-refractivity contribution >= 4 is 11.6 Å². The van der Waals surface area contributed by atoms with Gasteiger partial charge in [-0.3, -0.25) is 0 Å². The Hall–Kier alpha value is -1.01. The molecular formula is C16H27ClN2O3. The Morgan fingerprint density at radius 2 is 1.91 bits per heavy atom. The van der Waals surface area contributed by atoms with Crippen LogP contribution in [0.3, 0.4) is 0 Å². The van der Waals surface area contributed by atoms with Crippen LogP contribution in [0.1, 0.15) is 25.8 Å². The topological polar surface area (TPSA) is 62.8 Å². The lowest BCUT2D eigenvalue weighted by Crippen LogP contribution is -2.23. The quantitative estimate of drug-likeness (QED) is 0.543. The number of rotatable bonds is 11. The fraction of sp³-hybridized carbons (Fsp3) is 0.625. The molecule has 0 saturated carbocycles. The summed E-state index contributed by atoms with van der Waals surface area (Å²) in [5.41, 5.74) is 1.06. The highest BCUT2D eigenvalue weighted by molar-refractivity contribution is 6.32. The number of aliphatic hydroxyl groups excluding tert-OH is 1. The number of benzene rings is 1. The van der Waals surface area contributed by atoms with E-state index in [9.17, 15) is 0 Å². The summed E-state index contributed by atoms with van der Waals surface area (Å²) in [4.78, 5) is 0. The summed E-state index contributed by atoms with van der Waals surface area (Å²) in [6.07, 6.45) is 1.04. The summed E-state index contributed by atoms with van der Waals surface area (Å²) >= 11 is 6.29. The van der Waals surface area contributed by atoms with Crippen LogP contribution in [0.25, 0.3) is 0 Å². The van der Waals surface area contributed by atoms with Gasteiger partial charge in [0.1, 0.15) is 0 Å². The highest BCUT2D eigenvalue weighted by atomic mass is 35.5. The monoisotopic (exact) mass is 330 g/mol. The van der Waals surface area contributed by atoms with Crippen molar-refractivity contribution in [3.8, 4) is 11.5 Å². The largest absolute Gasteiger partial charge is 0.493 e. The fourth-order valence-electron chi connectivity index (χ4n) is 2.00. The lowest BCUT2D eigenvalue weighted by Gasteiger charge is -2.16. The molecule has 3 N–H and O–H groups in total.